The van der Waals surface area contributed by atoms with Gasteiger partial charge in [0.2, 0.25) is 0 Å². The highest BCUT2D eigenvalue weighted by atomic mass is 16.1. The summed E-state index contributed by atoms with van der Waals surface area (Å²) in [6.07, 6.45) is 4.06. The minimum absolute atomic E-state index is 0.0326. The highest BCUT2D eigenvalue weighted by Crippen LogP contribution is 2.10. The summed E-state index contributed by atoms with van der Waals surface area (Å²) in [6, 6.07) is 9.44. The molecule has 1 rings (SSSR count). The van der Waals surface area contributed by atoms with E-state index < -0.39 is 0 Å². The van der Waals surface area contributed by atoms with Crippen molar-refractivity contribution in [1.82, 2.24) is 0 Å². The van der Waals surface area contributed by atoms with Gasteiger partial charge in [0.25, 0.3) is 0 Å². The first-order valence-electron chi connectivity index (χ1n) is 5.39. The quantitative estimate of drug-likeness (QED) is 0.537. The lowest BCUT2D eigenvalue weighted by atomic mass is 9.98. The Bertz CT molecular complexity index is 336. The molecule has 1 atom stereocenters. The van der Waals surface area contributed by atoms with E-state index in [1.165, 1.54) is 0 Å². The first-order chi connectivity index (χ1) is 7.11. The van der Waals surface area contributed by atoms with E-state index in [-0.39, 0.29) is 11.7 Å². The van der Waals surface area contributed by atoms with E-state index in [0.717, 1.165) is 5.56 Å². The van der Waals surface area contributed by atoms with Crippen LogP contribution in [0.25, 0.3) is 0 Å². The van der Waals surface area contributed by atoms with Gasteiger partial charge in [0.05, 0.1) is 0 Å². The van der Waals surface area contributed by atoms with Crippen molar-refractivity contribution in [2.75, 3.05) is 0 Å². The molecular weight excluding hydrogens is 184 g/mol. The SMILES string of the molecule is CC(C)/C=C/[C@H](C)C(=O)c1ccccc1. The molecule has 1 nitrogen and oxygen atoms in total. The number of allylic oxidation sites excluding steroid dienone is 2. The number of hydrogen-bond donors (Lipinski definition) is 0. The highest BCUT2D eigenvalue weighted by molar-refractivity contribution is 5.98. The largest absolute Gasteiger partial charge is 0.294 e. The number of Topliss-reactive ketones (excluding diaryl/α,β-unsaturated/α-hetero) is 1. The summed E-state index contributed by atoms with van der Waals surface area (Å²) in [4.78, 5) is 11.9. The number of rotatable bonds is 4. The lowest BCUT2D eigenvalue weighted by molar-refractivity contribution is 0.0953. The van der Waals surface area contributed by atoms with E-state index >= 15 is 0 Å². The molecule has 0 aliphatic rings. The summed E-state index contributed by atoms with van der Waals surface area (Å²) in [7, 11) is 0. The second-order valence-corrected chi connectivity index (χ2v) is 4.15. The molecule has 1 aromatic carbocycles. The molecule has 0 unspecified atom stereocenters. The van der Waals surface area contributed by atoms with Gasteiger partial charge in [-0.1, -0.05) is 63.3 Å². The molecule has 1 aromatic rings. The van der Waals surface area contributed by atoms with E-state index in [2.05, 4.69) is 19.9 Å². The summed E-state index contributed by atoms with van der Waals surface area (Å²) in [6.45, 7) is 6.15. The maximum Gasteiger partial charge on any atom is 0.169 e. The molecule has 0 saturated carbocycles. The van der Waals surface area contributed by atoms with Crippen molar-refractivity contribution >= 4 is 5.78 Å². The second kappa shape index (κ2) is 5.50. The Labute approximate surface area is 91.8 Å². The molecule has 1 heteroatoms. The Balaban J connectivity index is 2.69. The Morgan fingerprint density at radius 2 is 1.67 bits per heavy atom. The van der Waals surface area contributed by atoms with Gasteiger partial charge in [-0.3, -0.25) is 4.79 Å². The number of carbonyl (C=O) groups is 1. The van der Waals surface area contributed by atoms with Gasteiger partial charge in [0.15, 0.2) is 5.78 Å². The fourth-order valence-electron chi connectivity index (χ4n) is 1.34. The Morgan fingerprint density at radius 1 is 1.07 bits per heavy atom. The molecule has 0 N–H and O–H groups in total. The molecule has 80 valence electrons. The van der Waals surface area contributed by atoms with Crippen LogP contribution in [0.4, 0.5) is 0 Å². The maximum atomic E-state index is 11.9. The zero-order valence-electron chi connectivity index (χ0n) is 9.60. The molecule has 0 aromatic heterocycles. The van der Waals surface area contributed by atoms with Crippen LogP contribution in [0.15, 0.2) is 42.5 Å². The molecule has 15 heavy (non-hydrogen) atoms. The van der Waals surface area contributed by atoms with E-state index in [4.69, 9.17) is 0 Å². The van der Waals surface area contributed by atoms with Crippen LogP contribution in [0.3, 0.4) is 0 Å². The number of benzene rings is 1. The monoisotopic (exact) mass is 202 g/mol. The van der Waals surface area contributed by atoms with Gasteiger partial charge in [-0.2, -0.15) is 0 Å². The van der Waals surface area contributed by atoms with Crippen molar-refractivity contribution < 1.29 is 4.79 Å². The van der Waals surface area contributed by atoms with E-state index in [1.54, 1.807) is 0 Å². The molecule has 0 heterocycles. The van der Waals surface area contributed by atoms with Gasteiger partial charge in [0, 0.05) is 11.5 Å². The fraction of sp³-hybridized carbons (Fsp3) is 0.357. The van der Waals surface area contributed by atoms with Crippen molar-refractivity contribution in [3.63, 3.8) is 0 Å². The third-order valence-electron chi connectivity index (χ3n) is 2.26. The van der Waals surface area contributed by atoms with Gasteiger partial charge >= 0.3 is 0 Å². The third kappa shape index (κ3) is 3.70. The van der Waals surface area contributed by atoms with Gasteiger partial charge in [-0.05, 0) is 5.92 Å². The van der Waals surface area contributed by atoms with Crippen molar-refractivity contribution in [2.45, 2.75) is 20.8 Å². The summed E-state index contributed by atoms with van der Waals surface area (Å²) < 4.78 is 0. The molecule has 0 aliphatic heterocycles. The molecule has 0 aliphatic carbocycles. The standard InChI is InChI=1S/C14H18O/c1-11(2)9-10-12(3)14(15)13-7-5-4-6-8-13/h4-12H,1-3H3/b10-9+/t12-/m0/s1. The zero-order chi connectivity index (χ0) is 11.3. The van der Waals surface area contributed by atoms with Crippen LogP contribution in [0.5, 0.6) is 0 Å². The molecule has 0 radical (unpaired) electrons. The van der Waals surface area contributed by atoms with E-state index in [9.17, 15) is 4.79 Å². The molecular formula is C14H18O. The van der Waals surface area contributed by atoms with Gasteiger partial charge in [-0.25, -0.2) is 0 Å². The van der Waals surface area contributed by atoms with Crippen LogP contribution >= 0.6 is 0 Å². The fourth-order valence-corrected chi connectivity index (χ4v) is 1.34. The van der Waals surface area contributed by atoms with Crippen LogP contribution < -0.4 is 0 Å². The minimum atomic E-state index is -0.0326. The van der Waals surface area contributed by atoms with Crippen LogP contribution in [0, 0.1) is 11.8 Å². The predicted octanol–water partition coefficient (Wildman–Crippen LogP) is 3.72. The van der Waals surface area contributed by atoms with Gasteiger partial charge < -0.3 is 0 Å². The number of carbonyl (C=O) groups excluding carboxylic acids is 1. The number of ketones is 1. The highest BCUT2D eigenvalue weighted by Gasteiger charge is 2.11. The van der Waals surface area contributed by atoms with Crippen LogP contribution in [0.2, 0.25) is 0 Å². The topological polar surface area (TPSA) is 17.1 Å². The number of hydrogen-bond acceptors (Lipinski definition) is 1. The van der Waals surface area contributed by atoms with Crippen molar-refractivity contribution in [3.05, 3.63) is 48.0 Å². The molecule has 0 saturated heterocycles. The Morgan fingerprint density at radius 3 is 2.20 bits per heavy atom. The zero-order valence-corrected chi connectivity index (χ0v) is 9.60. The molecule has 0 spiro atoms. The predicted molar refractivity (Wildman–Crippen MR) is 63.9 cm³/mol. The van der Waals surface area contributed by atoms with Gasteiger partial charge in [-0.15, -0.1) is 0 Å². The summed E-state index contributed by atoms with van der Waals surface area (Å²) in [5.74, 6) is 0.651. The van der Waals surface area contributed by atoms with Gasteiger partial charge in [0.1, 0.15) is 0 Å². The van der Waals surface area contributed by atoms with Crippen LogP contribution in [-0.4, -0.2) is 5.78 Å². The van der Waals surface area contributed by atoms with Crippen molar-refractivity contribution in [1.29, 1.82) is 0 Å². The summed E-state index contributed by atoms with van der Waals surface area (Å²) in [5, 5.41) is 0. The second-order valence-electron chi connectivity index (χ2n) is 4.15. The molecule has 0 bridgehead atoms. The van der Waals surface area contributed by atoms with Crippen molar-refractivity contribution in [3.8, 4) is 0 Å². The average Bonchev–Trinajstić information content (AvgIpc) is 2.26. The van der Waals surface area contributed by atoms with Crippen LogP contribution in [0.1, 0.15) is 31.1 Å². The molecule has 0 fully saturated rings. The lowest BCUT2D eigenvalue weighted by Gasteiger charge is -2.05. The summed E-state index contributed by atoms with van der Waals surface area (Å²) in [5.41, 5.74) is 0.790. The van der Waals surface area contributed by atoms with E-state index in [0.29, 0.717) is 5.92 Å². The first-order valence-corrected chi connectivity index (χ1v) is 5.39. The Kier molecular flexibility index (Phi) is 4.29. The van der Waals surface area contributed by atoms with E-state index in [1.807, 2.05) is 43.3 Å². The first kappa shape index (κ1) is 11.7. The third-order valence-corrected chi connectivity index (χ3v) is 2.26. The van der Waals surface area contributed by atoms with Crippen molar-refractivity contribution in [2.24, 2.45) is 11.8 Å². The maximum absolute atomic E-state index is 11.9. The Hall–Kier alpha value is -1.37. The average molecular weight is 202 g/mol. The minimum Gasteiger partial charge on any atom is -0.294 e. The summed E-state index contributed by atoms with van der Waals surface area (Å²) >= 11 is 0. The molecule has 0 amide bonds. The normalized spacial score (nSPS) is 13.3. The smallest absolute Gasteiger partial charge is 0.169 e. The van der Waals surface area contributed by atoms with Crippen LogP contribution in [-0.2, 0) is 0 Å². The lowest BCUT2D eigenvalue weighted by Crippen LogP contribution is -2.08.